The van der Waals surface area contributed by atoms with E-state index in [1.165, 1.54) is 0 Å². The largest absolute Gasteiger partial charge is 0.573 e. The average Bonchev–Trinajstić information content (AvgIpc) is 2.30. The van der Waals surface area contributed by atoms with Gasteiger partial charge in [0.2, 0.25) is 11.8 Å². The molecule has 13 heteroatoms. The van der Waals surface area contributed by atoms with Crippen LogP contribution in [0.4, 0.5) is 28.9 Å². The monoisotopic (exact) mass is 324 g/mol. The van der Waals surface area contributed by atoms with E-state index < -0.39 is 46.1 Å². The summed E-state index contributed by atoms with van der Waals surface area (Å²) in [7, 11) is 0. The van der Waals surface area contributed by atoms with Gasteiger partial charge in [-0.2, -0.15) is 9.38 Å². The molecule has 9 nitrogen and oxygen atoms in total. The molecule has 1 aromatic carbocycles. The Morgan fingerprint density at radius 1 is 1.27 bits per heavy atom. The van der Waals surface area contributed by atoms with Crippen LogP contribution >= 0.6 is 0 Å². The zero-order valence-electron chi connectivity index (χ0n) is 10.5. The van der Waals surface area contributed by atoms with Gasteiger partial charge in [0.1, 0.15) is 5.69 Å². The number of ether oxygens (including phenoxy) is 1. The minimum absolute atomic E-state index is 0.554. The first-order valence-electron chi connectivity index (χ1n) is 5.17. The summed E-state index contributed by atoms with van der Waals surface area (Å²) in [5, 5.41) is 10.5. The fraction of sp³-hybridized carbons (Fsp3) is 0.111. The molecule has 1 rings (SSSR count). The highest BCUT2D eigenvalue weighted by atomic mass is 19.4. The van der Waals surface area contributed by atoms with Crippen LogP contribution in [0.25, 0.3) is 0 Å². The molecule has 0 heterocycles. The second kappa shape index (κ2) is 6.11. The Morgan fingerprint density at radius 2 is 1.86 bits per heavy atom. The first kappa shape index (κ1) is 16.9. The molecule has 22 heavy (non-hydrogen) atoms. The Kier molecular flexibility index (Phi) is 4.70. The quantitative estimate of drug-likeness (QED) is 0.246. The average molecular weight is 324 g/mol. The SMILES string of the molecule is NC(N)=NC(N)=Nc1ccc([N+](=O)[O-])c(F)c1OC(F)(F)F. The highest BCUT2D eigenvalue weighted by Gasteiger charge is 2.36. The summed E-state index contributed by atoms with van der Waals surface area (Å²) in [5.74, 6) is -4.67. The van der Waals surface area contributed by atoms with E-state index in [0.29, 0.717) is 12.1 Å². The van der Waals surface area contributed by atoms with Crippen molar-refractivity contribution in [3.8, 4) is 5.75 Å². The van der Waals surface area contributed by atoms with Crippen LogP contribution in [0.1, 0.15) is 0 Å². The maximum atomic E-state index is 13.8. The lowest BCUT2D eigenvalue weighted by atomic mass is 10.2. The van der Waals surface area contributed by atoms with Gasteiger partial charge >= 0.3 is 12.0 Å². The van der Waals surface area contributed by atoms with Crippen LogP contribution in [0, 0.1) is 15.9 Å². The van der Waals surface area contributed by atoms with Gasteiger partial charge in [0, 0.05) is 6.07 Å². The normalized spacial score (nSPS) is 11.9. The van der Waals surface area contributed by atoms with E-state index in [0.717, 1.165) is 0 Å². The van der Waals surface area contributed by atoms with Gasteiger partial charge in [-0.05, 0) is 6.07 Å². The first-order valence-corrected chi connectivity index (χ1v) is 5.17. The van der Waals surface area contributed by atoms with Crippen LogP contribution in [-0.2, 0) is 0 Å². The van der Waals surface area contributed by atoms with Crippen LogP contribution in [0.15, 0.2) is 22.1 Å². The Balaban J connectivity index is 3.48. The predicted molar refractivity (Wildman–Crippen MR) is 66.8 cm³/mol. The summed E-state index contributed by atoms with van der Waals surface area (Å²) in [6, 6.07) is 1.28. The van der Waals surface area contributed by atoms with Gasteiger partial charge < -0.3 is 21.9 Å². The van der Waals surface area contributed by atoms with E-state index in [1.807, 2.05) is 0 Å². The topological polar surface area (TPSA) is 155 Å². The van der Waals surface area contributed by atoms with E-state index in [4.69, 9.17) is 17.2 Å². The lowest BCUT2D eigenvalue weighted by Crippen LogP contribution is -2.26. The van der Waals surface area contributed by atoms with Crippen molar-refractivity contribution in [1.82, 2.24) is 0 Å². The smallest absolute Gasteiger partial charge is 0.400 e. The number of nitro benzene ring substituents is 1. The van der Waals surface area contributed by atoms with Crippen molar-refractivity contribution < 1.29 is 27.2 Å². The molecule has 0 aliphatic carbocycles. The molecule has 6 N–H and O–H groups in total. The molecule has 0 aliphatic rings. The Bertz CT molecular complexity index is 653. The number of hydrogen-bond donors (Lipinski definition) is 3. The third-order valence-corrected chi connectivity index (χ3v) is 1.95. The van der Waals surface area contributed by atoms with E-state index in [2.05, 4.69) is 14.7 Å². The Hall–Kier alpha value is -3.12. The van der Waals surface area contributed by atoms with E-state index in [1.54, 1.807) is 0 Å². The van der Waals surface area contributed by atoms with Gasteiger partial charge in [0.15, 0.2) is 11.7 Å². The van der Waals surface area contributed by atoms with Gasteiger partial charge in [-0.3, -0.25) is 10.1 Å². The molecule has 0 saturated carbocycles. The number of benzene rings is 1. The molecule has 0 fully saturated rings. The molecule has 0 radical (unpaired) electrons. The molecule has 1 aromatic rings. The maximum Gasteiger partial charge on any atom is 0.573 e. The minimum Gasteiger partial charge on any atom is -0.400 e. The summed E-state index contributed by atoms with van der Waals surface area (Å²) < 4.78 is 54.0. The van der Waals surface area contributed by atoms with Crippen molar-refractivity contribution in [1.29, 1.82) is 0 Å². The highest BCUT2D eigenvalue weighted by molar-refractivity contribution is 5.94. The number of hydrogen-bond acceptors (Lipinski definition) is 4. The lowest BCUT2D eigenvalue weighted by molar-refractivity contribution is -0.387. The molecule has 0 amide bonds. The van der Waals surface area contributed by atoms with Crippen molar-refractivity contribution in [3.05, 3.63) is 28.1 Å². The second-order valence-electron chi connectivity index (χ2n) is 3.56. The number of nitro groups is 1. The number of rotatable bonds is 3. The molecule has 0 unspecified atom stereocenters. The van der Waals surface area contributed by atoms with Crippen molar-refractivity contribution in [2.75, 3.05) is 0 Å². The number of nitrogens with two attached hydrogens (primary N) is 3. The molecule has 0 saturated heterocycles. The Morgan fingerprint density at radius 3 is 2.32 bits per heavy atom. The van der Waals surface area contributed by atoms with Crippen molar-refractivity contribution in [2.45, 2.75) is 6.36 Å². The minimum atomic E-state index is -5.31. The summed E-state index contributed by atoms with van der Waals surface area (Å²) >= 11 is 0. The molecule has 0 spiro atoms. The number of guanidine groups is 2. The number of alkyl halides is 3. The third-order valence-electron chi connectivity index (χ3n) is 1.95. The number of nitrogens with zero attached hydrogens (tertiary/aromatic N) is 3. The standard InChI is InChI=1S/C9H8F4N6O3/c10-5-4(19(20)21)2-1-3(6(5)22-9(11,12)13)17-8(16)18-7(14)15/h1-2H,(H6,14,15,16,17,18). The second-order valence-corrected chi connectivity index (χ2v) is 3.56. The maximum absolute atomic E-state index is 13.8. The predicted octanol–water partition coefficient (Wildman–Crippen LogP) is 0.852. The summed E-state index contributed by atoms with van der Waals surface area (Å²) in [5.41, 5.74) is 13.1. The van der Waals surface area contributed by atoms with Gasteiger partial charge in [0.05, 0.1) is 4.92 Å². The molecule has 0 aliphatic heterocycles. The third kappa shape index (κ3) is 4.46. The van der Waals surface area contributed by atoms with Crippen LogP contribution in [0.2, 0.25) is 0 Å². The van der Waals surface area contributed by atoms with Crippen molar-refractivity contribution in [3.63, 3.8) is 0 Å². The van der Waals surface area contributed by atoms with Crippen molar-refractivity contribution >= 4 is 23.3 Å². The molecule has 0 bridgehead atoms. The zero-order chi connectivity index (χ0) is 17.1. The summed E-state index contributed by atoms with van der Waals surface area (Å²) in [6.07, 6.45) is -5.31. The molecule has 0 atom stereocenters. The number of halogens is 4. The van der Waals surface area contributed by atoms with Gasteiger partial charge in [0.25, 0.3) is 0 Å². The first-order chi connectivity index (χ1) is 10.0. The van der Waals surface area contributed by atoms with Gasteiger partial charge in [-0.1, -0.05) is 0 Å². The highest BCUT2D eigenvalue weighted by Crippen LogP contribution is 2.39. The fourth-order valence-electron chi connectivity index (χ4n) is 1.26. The van der Waals surface area contributed by atoms with E-state index >= 15 is 0 Å². The molecular weight excluding hydrogens is 316 g/mol. The lowest BCUT2D eigenvalue weighted by Gasteiger charge is -2.11. The van der Waals surface area contributed by atoms with Gasteiger partial charge in [-0.25, -0.2) is 4.99 Å². The fourth-order valence-corrected chi connectivity index (χ4v) is 1.26. The van der Waals surface area contributed by atoms with Crippen LogP contribution in [0.3, 0.4) is 0 Å². The summed E-state index contributed by atoms with van der Waals surface area (Å²) in [6.45, 7) is 0. The zero-order valence-corrected chi connectivity index (χ0v) is 10.5. The van der Waals surface area contributed by atoms with E-state index in [-0.39, 0.29) is 0 Å². The van der Waals surface area contributed by atoms with Crippen LogP contribution < -0.4 is 21.9 Å². The van der Waals surface area contributed by atoms with E-state index in [9.17, 15) is 27.7 Å². The molecular formula is C9H8F4N6O3. The Labute approximate surface area is 119 Å². The summed E-state index contributed by atoms with van der Waals surface area (Å²) in [4.78, 5) is 15.8. The van der Waals surface area contributed by atoms with Crippen LogP contribution in [0.5, 0.6) is 5.75 Å². The van der Waals surface area contributed by atoms with Gasteiger partial charge in [-0.15, -0.1) is 13.2 Å². The molecule has 120 valence electrons. The molecule has 0 aromatic heterocycles. The van der Waals surface area contributed by atoms with Crippen molar-refractivity contribution in [2.24, 2.45) is 27.2 Å². The number of aliphatic imine (C=N–C) groups is 2. The van der Waals surface area contributed by atoms with Crippen LogP contribution in [-0.4, -0.2) is 23.2 Å².